The number of aromatic nitrogens is 2. The fraction of sp³-hybridized carbons (Fsp3) is 0.500. The molecule has 23 heavy (non-hydrogen) atoms. The number of para-hydroxylation sites is 1. The molecule has 0 unspecified atom stereocenters. The molecule has 3 rings (SSSR count). The van der Waals surface area contributed by atoms with Crippen molar-refractivity contribution in [3.63, 3.8) is 0 Å². The second-order valence-corrected chi connectivity index (χ2v) is 5.68. The maximum atomic E-state index is 11.1. The summed E-state index contributed by atoms with van der Waals surface area (Å²) in [5, 5.41) is 3.37. The van der Waals surface area contributed by atoms with Crippen LogP contribution in [0.1, 0.15) is 24.6 Å². The van der Waals surface area contributed by atoms with Gasteiger partial charge < -0.3 is 25.1 Å². The van der Waals surface area contributed by atoms with E-state index in [0.29, 0.717) is 30.3 Å². The van der Waals surface area contributed by atoms with Crippen molar-refractivity contribution >= 4 is 17.1 Å². The number of imidazole rings is 1. The predicted octanol–water partition coefficient (Wildman–Crippen LogP) is 1.61. The quantitative estimate of drug-likeness (QED) is 0.874. The van der Waals surface area contributed by atoms with Gasteiger partial charge in [0.05, 0.1) is 12.1 Å². The number of nitrogens with zero attached hydrogens (tertiary/aromatic N) is 2. The first-order valence-corrected chi connectivity index (χ1v) is 7.86. The summed E-state index contributed by atoms with van der Waals surface area (Å²) in [6.07, 6.45) is 1.26. The number of nitrogens with two attached hydrogens (primary N) is 1. The maximum absolute atomic E-state index is 11.1. The Morgan fingerprint density at radius 3 is 2.91 bits per heavy atom. The normalized spacial score (nSPS) is 15.9. The number of hydrogen-bond acceptors (Lipinski definition) is 5. The third kappa shape index (κ3) is 3.30. The molecule has 2 heterocycles. The molecule has 1 aliphatic heterocycles. The van der Waals surface area contributed by atoms with E-state index in [0.717, 1.165) is 37.3 Å². The number of methoxy groups -OCH3 is 1. The van der Waals surface area contributed by atoms with Crippen LogP contribution in [-0.2, 0) is 11.3 Å². The molecular formula is C16H22N4O3. The van der Waals surface area contributed by atoms with Crippen molar-refractivity contribution in [2.24, 2.45) is 5.73 Å². The van der Waals surface area contributed by atoms with Gasteiger partial charge in [-0.05, 0) is 38.1 Å². The van der Waals surface area contributed by atoms with Crippen molar-refractivity contribution in [3.8, 4) is 5.75 Å². The third-order valence-electron chi connectivity index (χ3n) is 4.21. The number of hydrogen-bond donors (Lipinski definition) is 2. The van der Waals surface area contributed by atoms with Crippen LogP contribution in [0.5, 0.6) is 5.75 Å². The van der Waals surface area contributed by atoms with Crippen LogP contribution in [0.2, 0.25) is 0 Å². The monoisotopic (exact) mass is 318 g/mol. The molecule has 1 saturated heterocycles. The topological polar surface area (TPSA) is 91.4 Å². The second-order valence-electron chi connectivity index (χ2n) is 5.68. The van der Waals surface area contributed by atoms with Crippen LogP contribution < -0.4 is 15.8 Å². The standard InChI is InChI=1S/C16H22N4O3/c1-22-10-9-20-12-3-2-4-13(23-16(17)21)14(12)19-15(20)11-5-7-18-8-6-11/h2-4,11,18H,5-10H2,1H3,(H2,17,21). The maximum Gasteiger partial charge on any atom is 0.410 e. The number of piperidine rings is 1. The van der Waals surface area contributed by atoms with Gasteiger partial charge in [0.15, 0.2) is 5.75 Å². The number of nitrogens with one attached hydrogen (secondary N) is 1. The zero-order valence-electron chi connectivity index (χ0n) is 13.2. The lowest BCUT2D eigenvalue weighted by Gasteiger charge is -2.23. The predicted molar refractivity (Wildman–Crippen MR) is 86.7 cm³/mol. The van der Waals surface area contributed by atoms with Gasteiger partial charge in [0.1, 0.15) is 11.3 Å². The van der Waals surface area contributed by atoms with E-state index < -0.39 is 6.09 Å². The van der Waals surface area contributed by atoms with Crippen molar-refractivity contribution in [3.05, 3.63) is 24.0 Å². The number of amides is 1. The number of fused-ring (bicyclic) bond motifs is 1. The Labute approximate surface area is 134 Å². The fourth-order valence-electron chi connectivity index (χ4n) is 3.14. The zero-order valence-corrected chi connectivity index (χ0v) is 13.2. The van der Waals surface area contributed by atoms with Gasteiger partial charge in [-0.25, -0.2) is 9.78 Å². The number of carbonyl (C=O) groups is 1. The fourth-order valence-corrected chi connectivity index (χ4v) is 3.14. The van der Waals surface area contributed by atoms with Crippen LogP contribution >= 0.6 is 0 Å². The van der Waals surface area contributed by atoms with E-state index in [4.69, 9.17) is 20.2 Å². The van der Waals surface area contributed by atoms with Gasteiger partial charge in [-0.15, -0.1) is 0 Å². The average molecular weight is 318 g/mol. The van der Waals surface area contributed by atoms with Gasteiger partial charge in [-0.3, -0.25) is 0 Å². The van der Waals surface area contributed by atoms with E-state index in [2.05, 4.69) is 9.88 Å². The molecular weight excluding hydrogens is 296 g/mol. The molecule has 1 aromatic heterocycles. The zero-order chi connectivity index (χ0) is 16.2. The molecule has 1 fully saturated rings. The van der Waals surface area contributed by atoms with Gasteiger partial charge in [0.2, 0.25) is 0 Å². The van der Waals surface area contributed by atoms with Crippen molar-refractivity contribution in [1.29, 1.82) is 0 Å². The molecule has 2 aromatic rings. The molecule has 0 atom stereocenters. The lowest BCUT2D eigenvalue weighted by molar-refractivity contribution is 0.186. The first-order valence-electron chi connectivity index (χ1n) is 7.86. The van der Waals surface area contributed by atoms with Gasteiger partial charge in [0.25, 0.3) is 0 Å². The molecule has 1 aliphatic rings. The number of ether oxygens (including phenoxy) is 2. The molecule has 0 aliphatic carbocycles. The highest BCUT2D eigenvalue weighted by molar-refractivity contribution is 5.85. The van der Waals surface area contributed by atoms with E-state index in [-0.39, 0.29) is 0 Å². The SMILES string of the molecule is COCCn1c(C2CCNCC2)nc2c(OC(N)=O)cccc21. The molecule has 124 valence electrons. The third-order valence-corrected chi connectivity index (χ3v) is 4.21. The van der Waals surface area contributed by atoms with Crippen LogP contribution in [0.3, 0.4) is 0 Å². The minimum Gasteiger partial charge on any atom is -0.408 e. The highest BCUT2D eigenvalue weighted by atomic mass is 16.5. The van der Waals surface area contributed by atoms with Crippen molar-refractivity contribution in [2.45, 2.75) is 25.3 Å². The highest BCUT2D eigenvalue weighted by Gasteiger charge is 2.23. The molecule has 0 saturated carbocycles. The van der Waals surface area contributed by atoms with E-state index in [1.807, 2.05) is 12.1 Å². The minimum atomic E-state index is -0.827. The number of rotatable bonds is 5. The Hall–Kier alpha value is -2.12. The Morgan fingerprint density at radius 1 is 1.43 bits per heavy atom. The molecule has 1 amide bonds. The smallest absolute Gasteiger partial charge is 0.408 e. The first-order chi connectivity index (χ1) is 11.2. The van der Waals surface area contributed by atoms with Crippen molar-refractivity contribution < 1.29 is 14.3 Å². The Kier molecular flexibility index (Phi) is 4.78. The summed E-state index contributed by atoms with van der Waals surface area (Å²) in [4.78, 5) is 15.9. The Bertz CT molecular complexity index is 692. The largest absolute Gasteiger partial charge is 0.410 e. The van der Waals surface area contributed by atoms with Crippen LogP contribution in [0.15, 0.2) is 18.2 Å². The molecule has 1 aromatic carbocycles. The number of carbonyl (C=O) groups excluding carboxylic acids is 1. The summed E-state index contributed by atoms with van der Waals surface area (Å²) in [6, 6.07) is 5.54. The van der Waals surface area contributed by atoms with E-state index in [1.165, 1.54) is 0 Å². The van der Waals surface area contributed by atoms with E-state index in [1.54, 1.807) is 13.2 Å². The molecule has 7 nitrogen and oxygen atoms in total. The van der Waals surface area contributed by atoms with Gasteiger partial charge in [0, 0.05) is 19.6 Å². The Morgan fingerprint density at radius 2 is 2.22 bits per heavy atom. The van der Waals surface area contributed by atoms with Crippen LogP contribution in [-0.4, -0.2) is 42.5 Å². The lowest BCUT2D eigenvalue weighted by atomic mass is 9.97. The molecule has 7 heteroatoms. The van der Waals surface area contributed by atoms with Crippen LogP contribution in [0.25, 0.3) is 11.0 Å². The summed E-state index contributed by atoms with van der Waals surface area (Å²) in [5.74, 6) is 1.82. The highest BCUT2D eigenvalue weighted by Crippen LogP contribution is 2.32. The molecule has 3 N–H and O–H groups in total. The minimum absolute atomic E-state index is 0.391. The van der Waals surface area contributed by atoms with Crippen molar-refractivity contribution in [1.82, 2.24) is 14.9 Å². The summed E-state index contributed by atoms with van der Waals surface area (Å²) in [6.45, 7) is 3.29. The summed E-state index contributed by atoms with van der Waals surface area (Å²) < 4.78 is 12.5. The first kappa shape index (κ1) is 15.8. The summed E-state index contributed by atoms with van der Waals surface area (Å²) in [7, 11) is 1.69. The van der Waals surface area contributed by atoms with Gasteiger partial charge >= 0.3 is 6.09 Å². The number of benzene rings is 1. The molecule has 0 bridgehead atoms. The van der Waals surface area contributed by atoms with E-state index >= 15 is 0 Å². The lowest BCUT2D eigenvalue weighted by Crippen LogP contribution is -2.28. The van der Waals surface area contributed by atoms with Gasteiger partial charge in [-0.1, -0.05) is 6.07 Å². The summed E-state index contributed by atoms with van der Waals surface area (Å²) in [5.41, 5.74) is 6.78. The number of primary amides is 1. The Balaban J connectivity index is 2.07. The second kappa shape index (κ2) is 6.97. The molecule has 0 spiro atoms. The summed E-state index contributed by atoms with van der Waals surface area (Å²) >= 11 is 0. The average Bonchev–Trinajstić information content (AvgIpc) is 2.93. The van der Waals surface area contributed by atoms with Crippen molar-refractivity contribution in [2.75, 3.05) is 26.8 Å². The van der Waals surface area contributed by atoms with Crippen LogP contribution in [0.4, 0.5) is 4.79 Å². The molecule has 0 radical (unpaired) electrons. The van der Waals surface area contributed by atoms with E-state index in [9.17, 15) is 4.79 Å². The van der Waals surface area contributed by atoms with Crippen LogP contribution in [0, 0.1) is 0 Å². The van der Waals surface area contributed by atoms with Gasteiger partial charge in [-0.2, -0.15) is 0 Å².